The standard InChI is InChI=1S/C45H56N8O7/c1-26(2)37(50-44(56)58-3)42(54)53-21-7-11-36(53)41-47-33-9-5-8-31-24-30(16-17-32(31)39(33)49-41)27-12-14-28(15-13-27)34-25-46-40(48-34)35-10-6-20-52(35)43(55)38(51-45(57)59-4)29-18-22-60-23-19-29/h12-17,24-26,29,35-38H,5-11,18-23H2,1-4H3,(H,46,48)(H,47,49)(H,50,56)(H,51,57)/t35?,36-,37-,38-/m0/s1. The smallest absolute Gasteiger partial charge is 0.407 e. The van der Waals surface area contributed by atoms with Gasteiger partial charge in [0.25, 0.3) is 0 Å². The molecule has 4 atom stereocenters. The minimum Gasteiger partial charge on any atom is -0.453 e. The van der Waals surface area contributed by atoms with Crippen LogP contribution < -0.4 is 10.6 Å². The Hall–Kier alpha value is -5.70. The van der Waals surface area contributed by atoms with Crippen molar-refractivity contribution in [3.05, 3.63) is 71.6 Å². The lowest BCUT2D eigenvalue weighted by Gasteiger charge is -2.34. The predicted octanol–water partition coefficient (Wildman–Crippen LogP) is 6.48. The van der Waals surface area contributed by atoms with Crippen LogP contribution in [0.3, 0.4) is 0 Å². The summed E-state index contributed by atoms with van der Waals surface area (Å²) in [4.78, 5) is 72.9. The summed E-state index contributed by atoms with van der Waals surface area (Å²) in [6.07, 6.45) is 8.05. The van der Waals surface area contributed by atoms with Gasteiger partial charge in [0.05, 0.1) is 43.9 Å². The van der Waals surface area contributed by atoms with Crippen molar-refractivity contribution in [2.45, 2.75) is 95.8 Å². The number of alkyl carbamates (subject to hydrolysis) is 2. The molecule has 318 valence electrons. The molecule has 3 aliphatic heterocycles. The van der Waals surface area contributed by atoms with Gasteiger partial charge in [-0.05, 0) is 91.9 Å². The molecule has 4 N–H and O–H groups in total. The molecule has 0 spiro atoms. The van der Waals surface area contributed by atoms with Crippen molar-refractivity contribution >= 4 is 24.0 Å². The minimum atomic E-state index is -0.684. The minimum absolute atomic E-state index is 0.0260. The van der Waals surface area contributed by atoms with E-state index < -0.39 is 24.3 Å². The molecule has 0 bridgehead atoms. The van der Waals surface area contributed by atoms with E-state index in [1.807, 2.05) is 29.8 Å². The van der Waals surface area contributed by atoms with Gasteiger partial charge in [-0.3, -0.25) is 9.59 Å². The number of H-pyrrole nitrogens is 2. The van der Waals surface area contributed by atoms with Gasteiger partial charge in [-0.15, -0.1) is 0 Å². The highest BCUT2D eigenvalue weighted by Gasteiger charge is 2.41. The van der Waals surface area contributed by atoms with Crippen molar-refractivity contribution in [3.63, 3.8) is 0 Å². The number of nitrogens with one attached hydrogen (secondary N) is 4. The highest BCUT2D eigenvalue weighted by atomic mass is 16.5. The van der Waals surface area contributed by atoms with Gasteiger partial charge < -0.3 is 44.6 Å². The van der Waals surface area contributed by atoms with E-state index in [1.54, 1.807) is 0 Å². The average Bonchev–Trinajstić information content (AvgIpc) is 4.11. The molecule has 3 saturated heterocycles. The zero-order valence-electron chi connectivity index (χ0n) is 34.9. The van der Waals surface area contributed by atoms with Crippen LogP contribution >= 0.6 is 0 Å². The first-order valence-corrected chi connectivity index (χ1v) is 21.4. The van der Waals surface area contributed by atoms with E-state index in [0.717, 1.165) is 95.9 Å². The fraction of sp³-hybridized carbons (Fsp3) is 0.511. The number of aromatic amines is 2. The molecule has 4 aliphatic rings. The summed E-state index contributed by atoms with van der Waals surface area (Å²) in [6, 6.07) is 13.2. The topological polar surface area (TPSA) is 184 Å². The van der Waals surface area contributed by atoms with Crippen molar-refractivity contribution in [2.75, 3.05) is 40.5 Å². The van der Waals surface area contributed by atoms with Crippen molar-refractivity contribution in [1.29, 1.82) is 0 Å². The van der Waals surface area contributed by atoms with Crippen LogP contribution in [0, 0.1) is 11.8 Å². The second-order valence-corrected chi connectivity index (χ2v) is 16.7. The second-order valence-electron chi connectivity index (χ2n) is 16.7. The lowest BCUT2D eigenvalue weighted by molar-refractivity contribution is -0.137. The van der Waals surface area contributed by atoms with Crippen molar-refractivity contribution in [2.24, 2.45) is 11.8 Å². The van der Waals surface area contributed by atoms with Gasteiger partial charge >= 0.3 is 12.2 Å². The SMILES string of the molecule is COC(=O)N[C@H](C(=O)N1CCC[C@H]1c1nc2c([nH]1)CCCc1cc(-c3ccc(-c4cnc(C5CCCN5C(=O)[C@@H](NC(=O)OC)C5CCOCC5)[nH]4)cc3)ccc1-2)C(C)C. The van der Waals surface area contributed by atoms with E-state index in [2.05, 4.69) is 63.1 Å². The molecule has 1 aliphatic carbocycles. The number of ether oxygens (including phenoxy) is 3. The van der Waals surface area contributed by atoms with Gasteiger partial charge in [0, 0.05) is 37.6 Å². The number of imidazole rings is 2. The third-order valence-corrected chi connectivity index (χ3v) is 12.7. The Morgan fingerprint density at radius 3 is 2.12 bits per heavy atom. The van der Waals surface area contributed by atoms with Gasteiger partial charge in [-0.1, -0.05) is 56.3 Å². The van der Waals surface area contributed by atoms with Crippen molar-refractivity contribution < 1.29 is 33.4 Å². The van der Waals surface area contributed by atoms with Crippen molar-refractivity contribution in [1.82, 2.24) is 40.4 Å². The molecular formula is C45H56N8O7. The number of carbonyl (C=O) groups is 4. The second kappa shape index (κ2) is 17.9. The molecule has 0 radical (unpaired) electrons. The number of hydrogen-bond donors (Lipinski definition) is 4. The number of amides is 4. The molecule has 4 aromatic rings. The number of likely N-dealkylation sites (tertiary alicyclic amines) is 2. The molecule has 15 nitrogen and oxygen atoms in total. The molecule has 8 rings (SSSR count). The first-order valence-electron chi connectivity index (χ1n) is 21.4. The number of benzene rings is 2. The molecule has 2 aromatic heterocycles. The largest absolute Gasteiger partial charge is 0.453 e. The fourth-order valence-corrected chi connectivity index (χ4v) is 9.46. The highest BCUT2D eigenvalue weighted by Crippen LogP contribution is 2.39. The van der Waals surface area contributed by atoms with Crippen LogP contribution in [0.1, 0.15) is 93.8 Å². The molecular weight excluding hydrogens is 765 g/mol. The molecule has 0 saturated carbocycles. The third-order valence-electron chi connectivity index (χ3n) is 12.7. The van der Waals surface area contributed by atoms with Crippen LogP contribution in [0.15, 0.2) is 48.7 Å². The summed E-state index contributed by atoms with van der Waals surface area (Å²) in [7, 11) is 2.61. The molecule has 60 heavy (non-hydrogen) atoms. The van der Waals surface area contributed by atoms with E-state index in [4.69, 9.17) is 24.2 Å². The molecule has 5 heterocycles. The summed E-state index contributed by atoms with van der Waals surface area (Å²) in [5.74, 6) is 1.17. The maximum atomic E-state index is 14.0. The number of fused-ring (bicyclic) bond motifs is 3. The van der Waals surface area contributed by atoms with E-state index in [1.165, 1.54) is 19.8 Å². The summed E-state index contributed by atoms with van der Waals surface area (Å²) in [5.41, 5.74) is 8.47. The Labute approximate surface area is 350 Å². The predicted molar refractivity (Wildman–Crippen MR) is 223 cm³/mol. The molecule has 4 amide bonds. The number of rotatable bonds is 10. The Morgan fingerprint density at radius 2 is 1.42 bits per heavy atom. The zero-order valence-corrected chi connectivity index (χ0v) is 34.9. The first-order chi connectivity index (χ1) is 29.1. The van der Waals surface area contributed by atoms with Crippen LogP contribution in [0.5, 0.6) is 0 Å². The number of nitrogens with zero attached hydrogens (tertiary/aromatic N) is 4. The summed E-state index contributed by atoms with van der Waals surface area (Å²) < 4.78 is 15.2. The number of methoxy groups -OCH3 is 2. The molecule has 1 unspecified atom stereocenters. The van der Waals surface area contributed by atoms with Crippen LogP contribution in [0.4, 0.5) is 9.59 Å². The zero-order chi connectivity index (χ0) is 41.9. The van der Waals surface area contributed by atoms with Gasteiger partial charge in [0.1, 0.15) is 23.7 Å². The van der Waals surface area contributed by atoms with E-state index in [9.17, 15) is 19.2 Å². The van der Waals surface area contributed by atoms with Crippen LogP contribution in [-0.2, 0) is 36.6 Å². The van der Waals surface area contributed by atoms with E-state index >= 15 is 0 Å². The number of carbonyl (C=O) groups excluding carboxylic acids is 4. The van der Waals surface area contributed by atoms with Crippen LogP contribution in [0.2, 0.25) is 0 Å². The Balaban J connectivity index is 0.967. The molecule has 2 aromatic carbocycles. The van der Waals surface area contributed by atoms with Crippen LogP contribution in [-0.4, -0.2) is 106 Å². The quantitative estimate of drug-likeness (QED) is 0.139. The van der Waals surface area contributed by atoms with E-state index in [0.29, 0.717) is 39.1 Å². The maximum Gasteiger partial charge on any atom is 0.407 e. The normalized spacial score (nSPS) is 20.2. The Kier molecular flexibility index (Phi) is 12.2. The first kappa shape index (κ1) is 41.1. The Morgan fingerprint density at radius 1 is 0.767 bits per heavy atom. The molecule has 15 heteroatoms. The number of hydrogen-bond acceptors (Lipinski definition) is 9. The summed E-state index contributed by atoms with van der Waals surface area (Å²) >= 11 is 0. The fourth-order valence-electron chi connectivity index (χ4n) is 9.46. The Bertz CT molecular complexity index is 2190. The van der Waals surface area contributed by atoms with Crippen LogP contribution in [0.25, 0.3) is 33.6 Å². The monoisotopic (exact) mass is 820 g/mol. The number of aromatic nitrogens is 4. The molecule has 3 fully saturated rings. The highest BCUT2D eigenvalue weighted by molar-refractivity contribution is 5.87. The lowest BCUT2D eigenvalue weighted by Crippen LogP contribution is -2.53. The summed E-state index contributed by atoms with van der Waals surface area (Å²) in [6.45, 7) is 6.16. The average molecular weight is 821 g/mol. The summed E-state index contributed by atoms with van der Waals surface area (Å²) in [5, 5.41) is 5.55. The van der Waals surface area contributed by atoms with Gasteiger partial charge in [0.2, 0.25) is 11.8 Å². The lowest BCUT2D eigenvalue weighted by atomic mass is 9.90. The van der Waals surface area contributed by atoms with E-state index in [-0.39, 0.29) is 35.7 Å². The number of aryl methyl sites for hydroxylation is 2. The van der Waals surface area contributed by atoms with Crippen molar-refractivity contribution in [3.8, 4) is 33.6 Å². The van der Waals surface area contributed by atoms with Gasteiger partial charge in [0.15, 0.2) is 0 Å². The van der Waals surface area contributed by atoms with Gasteiger partial charge in [-0.25, -0.2) is 19.6 Å². The maximum absolute atomic E-state index is 14.0. The van der Waals surface area contributed by atoms with Gasteiger partial charge in [-0.2, -0.15) is 0 Å². The third kappa shape index (κ3) is 8.36.